The molecular weight excluding hydrogens is 520 g/mol. The van der Waals surface area contributed by atoms with E-state index >= 15 is 0 Å². The van der Waals surface area contributed by atoms with Gasteiger partial charge in [-0.25, -0.2) is 14.8 Å². The number of imidazole rings is 1. The minimum atomic E-state index is -0.531. The molecule has 1 aliphatic heterocycles. The Morgan fingerprint density at radius 1 is 1.17 bits per heavy atom. The van der Waals surface area contributed by atoms with Crippen molar-refractivity contribution in [2.75, 3.05) is 19.3 Å². The summed E-state index contributed by atoms with van der Waals surface area (Å²) in [5, 5.41) is 12.8. The zero-order valence-corrected chi connectivity index (χ0v) is 23.2. The number of hydrogen-bond donors (Lipinski definition) is 2. The number of carbonyl (C=O) groups is 1. The number of likely N-dealkylation sites (N-methyl/N-ethyl adjacent to an activating group) is 1. The summed E-state index contributed by atoms with van der Waals surface area (Å²) in [7, 11) is 1.77. The van der Waals surface area contributed by atoms with E-state index in [2.05, 4.69) is 21.4 Å². The van der Waals surface area contributed by atoms with Gasteiger partial charge >= 0.3 is 5.69 Å². The Morgan fingerprint density at radius 3 is 2.56 bits per heavy atom. The number of nitrogens with zero attached hydrogens (tertiary/aromatic N) is 6. The highest BCUT2D eigenvalue weighted by Crippen LogP contribution is 2.27. The number of hydrogen-bond acceptors (Lipinski definition) is 8. The van der Waals surface area contributed by atoms with Crippen LogP contribution < -0.4 is 21.5 Å². The highest BCUT2D eigenvalue weighted by molar-refractivity contribution is 5.97. The monoisotopic (exact) mass is 552 g/mol. The third kappa shape index (κ3) is 5.55. The number of ether oxygens (including phenoxy) is 1. The average molecular weight is 553 g/mol. The maximum atomic E-state index is 13.9. The van der Waals surface area contributed by atoms with Crippen molar-refractivity contribution >= 4 is 22.9 Å². The van der Waals surface area contributed by atoms with Crippen molar-refractivity contribution in [1.82, 2.24) is 29.3 Å². The third-order valence-electron chi connectivity index (χ3n) is 7.34. The maximum absolute atomic E-state index is 13.9. The largest absolute Gasteiger partial charge is 0.457 e. The Labute approximate surface area is 237 Å². The predicted octanol–water partition coefficient (Wildman–Crippen LogP) is 3.40. The van der Waals surface area contributed by atoms with Crippen LogP contribution in [0, 0.1) is 11.3 Å². The third-order valence-corrected chi connectivity index (χ3v) is 7.34. The van der Waals surface area contributed by atoms with Crippen LogP contribution in [-0.4, -0.2) is 55.1 Å². The molecule has 0 aliphatic carbocycles. The van der Waals surface area contributed by atoms with E-state index < -0.39 is 5.54 Å². The molecule has 0 saturated carbocycles. The standard InChI is InChI=1S/C30H32N8O3/c1-30(2,33-3)16-20(17-31)28(39)36-15-7-8-22(36)18-37-27-25(26(32)34-19-35-27)38(29(37)40)21-11-13-24(14-12-21)41-23-9-5-4-6-10-23/h4-6,9-14,16,19,22,33H,7-8,15,18H2,1-3H3,(H2,32,34,35)/b20-16-/t22-/m0/s1. The molecule has 11 heteroatoms. The first-order valence-electron chi connectivity index (χ1n) is 13.4. The molecule has 1 fully saturated rings. The number of rotatable bonds is 8. The van der Waals surface area contributed by atoms with Crippen LogP contribution in [0.2, 0.25) is 0 Å². The zero-order valence-electron chi connectivity index (χ0n) is 23.2. The van der Waals surface area contributed by atoms with Gasteiger partial charge in [-0.05, 0) is 76.2 Å². The number of para-hydroxylation sites is 1. The van der Waals surface area contributed by atoms with Crippen LogP contribution >= 0.6 is 0 Å². The smallest absolute Gasteiger partial charge is 0.335 e. The molecule has 0 radical (unpaired) electrons. The van der Waals surface area contributed by atoms with Crippen molar-refractivity contribution in [2.24, 2.45) is 0 Å². The van der Waals surface area contributed by atoms with E-state index in [4.69, 9.17) is 10.5 Å². The summed E-state index contributed by atoms with van der Waals surface area (Å²) in [6.45, 7) is 4.47. The molecule has 2 aromatic carbocycles. The molecule has 0 bridgehead atoms. The summed E-state index contributed by atoms with van der Waals surface area (Å²) >= 11 is 0. The predicted molar refractivity (Wildman–Crippen MR) is 156 cm³/mol. The lowest BCUT2D eigenvalue weighted by Crippen LogP contribution is -2.42. The Kier molecular flexibility index (Phi) is 7.59. The van der Waals surface area contributed by atoms with Crippen LogP contribution in [0.15, 0.2) is 77.4 Å². The van der Waals surface area contributed by atoms with Crippen molar-refractivity contribution in [1.29, 1.82) is 5.26 Å². The molecule has 0 spiro atoms. The topological polar surface area (TPSA) is 144 Å². The minimum Gasteiger partial charge on any atom is -0.457 e. The first-order chi connectivity index (χ1) is 19.7. The van der Waals surface area contributed by atoms with E-state index in [1.165, 1.54) is 15.5 Å². The van der Waals surface area contributed by atoms with Gasteiger partial charge in [0.2, 0.25) is 0 Å². The summed E-state index contributed by atoms with van der Waals surface area (Å²) in [6.07, 6.45) is 4.41. The number of nitrogen functional groups attached to an aromatic ring is 1. The van der Waals surface area contributed by atoms with Gasteiger partial charge in [-0.1, -0.05) is 18.2 Å². The lowest BCUT2D eigenvalue weighted by atomic mass is 10.0. The number of nitrogens with one attached hydrogen (secondary N) is 1. The van der Waals surface area contributed by atoms with Crippen LogP contribution in [0.3, 0.4) is 0 Å². The maximum Gasteiger partial charge on any atom is 0.335 e. The average Bonchev–Trinajstić information content (AvgIpc) is 3.55. The number of aromatic nitrogens is 4. The van der Waals surface area contributed by atoms with Crippen molar-refractivity contribution in [3.8, 4) is 23.3 Å². The van der Waals surface area contributed by atoms with Gasteiger partial charge in [0.15, 0.2) is 11.5 Å². The van der Waals surface area contributed by atoms with Gasteiger partial charge in [-0.15, -0.1) is 0 Å². The number of anilines is 1. The second-order valence-electron chi connectivity index (χ2n) is 10.5. The highest BCUT2D eigenvalue weighted by atomic mass is 16.5. The van der Waals surface area contributed by atoms with Crippen LogP contribution in [0.1, 0.15) is 26.7 Å². The fourth-order valence-corrected chi connectivity index (χ4v) is 5.03. The van der Waals surface area contributed by atoms with Crippen molar-refractivity contribution in [3.63, 3.8) is 0 Å². The number of carbonyl (C=O) groups excluding carboxylic acids is 1. The van der Waals surface area contributed by atoms with Gasteiger partial charge in [0.25, 0.3) is 5.91 Å². The lowest BCUT2D eigenvalue weighted by molar-refractivity contribution is -0.127. The van der Waals surface area contributed by atoms with Gasteiger partial charge in [0, 0.05) is 18.6 Å². The molecule has 1 atom stereocenters. The molecule has 4 aromatic rings. The number of fused-ring (bicyclic) bond motifs is 1. The van der Waals surface area contributed by atoms with Crippen LogP contribution in [0.4, 0.5) is 5.82 Å². The Hall–Kier alpha value is -4.95. The Bertz CT molecular complexity index is 1700. The number of likely N-dealkylation sites (tertiary alicyclic amines) is 1. The molecule has 1 amide bonds. The van der Waals surface area contributed by atoms with E-state index in [-0.39, 0.29) is 35.6 Å². The molecule has 41 heavy (non-hydrogen) atoms. The quantitative estimate of drug-likeness (QED) is 0.250. The van der Waals surface area contributed by atoms with Crippen LogP contribution in [0.25, 0.3) is 16.9 Å². The van der Waals surface area contributed by atoms with E-state index in [0.717, 1.165) is 6.42 Å². The summed E-state index contributed by atoms with van der Waals surface area (Å²) in [4.78, 5) is 37.5. The van der Waals surface area contributed by atoms with Gasteiger partial charge in [0.1, 0.15) is 35.0 Å². The van der Waals surface area contributed by atoms with Gasteiger partial charge in [-0.3, -0.25) is 13.9 Å². The molecule has 3 heterocycles. The lowest BCUT2D eigenvalue weighted by Gasteiger charge is -2.26. The second-order valence-corrected chi connectivity index (χ2v) is 10.5. The molecule has 0 unspecified atom stereocenters. The fraction of sp³-hybridized carbons (Fsp3) is 0.300. The first-order valence-corrected chi connectivity index (χ1v) is 13.4. The number of nitrogens with two attached hydrogens (primary N) is 1. The molecule has 1 saturated heterocycles. The molecule has 1 aliphatic rings. The molecule has 11 nitrogen and oxygen atoms in total. The van der Waals surface area contributed by atoms with E-state index in [1.54, 1.807) is 42.3 Å². The van der Waals surface area contributed by atoms with E-state index in [0.29, 0.717) is 41.3 Å². The SMILES string of the molecule is CNC(C)(C)/C=C(/C#N)C(=O)N1CCC[C@H]1Cn1c(=O)n(-c2ccc(Oc3ccccc3)cc2)c2c(N)ncnc21. The Morgan fingerprint density at radius 2 is 1.88 bits per heavy atom. The summed E-state index contributed by atoms with van der Waals surface area (Å²) in [5.74, 6) is 1.13. The van der Waals surface area contributed by atoms with Gasteiger partial charge in [0.05, 0.1) is 11.7 Å². The number of nitriles is 1. The second kappa shape index (κ2) is 11.3. The molecule has 3 N–H and O–H groups in total. The van der Waals surface area contributed by atoms with E-state index in [1.807, 2.05) is 44.2 Å². The molecule has 2 aromatic heterocycles. The van der Waals surface area contributed by atoms with Crippen molar-refractivity contribution in [3.05, 3.63) is 83.1 Å². The summed E-state index contributed by atoms with van der Waals surface area (Å²) in [6, 6.07) is 18.3. The van der Waals surface area contributed by atoms with E-state index in [9.17, 15) is 14.9 Å². The van der Waals surface area contributed by atoms with Crippen molar-refractivity contribution < 1.29 is 9.53 Å². The Balaban J connectivity index is 1.48. The highest BCUT2D eigenvalue weighted by Gasteiger charge is 2.33. The summed E-state index contributed by atoms with van der Waals surface area (Å²) < 4.78 is 8.91. The van der Waals surface area contributed by atoms with Crippen LogP contribution in [-0.2, 0) is 11.3 Å². The first kappa shape index (κ1) is 27.6. The molecular formula is C30H32N8O3. The fourth-order valence-electron chi connectivity index (χ4n) is 5.03. The van der Waals surface area contributed by atoms with Gasteiger partial charge in [-0.2, -0.15) is 5.26 Å². The minimum absolute atomic E-state index is 0.0652. The summed E-state index contributed by atoms with van der Waals surface area (Å²) in [5.41, 5.74) is 6.78. The van der Waals surface area contributed by atoms with Gasteiger partial charge < -0.3 is 20.7 Å². The molecule has 5 rings (SSSR count). The van der Waals surface area contributed by atoms with Crippen LogP contribution in [0.5, 0.6) is 11.5 Å². The normalized spacial score (nSPS) is 15.7. The van der Waals surface area contributed by atoms with Crippen molar-refractivity contribution in [2.45, 2.75) is 44.8 Å². The number of amides is 1. The molecule has 210 valence electrons. The zero-order chi connectivity index (χ0) is 29.1. The number of benzene rings is 2.